The van der Waals surface area contributed by atoms with Crippen LogP contribution in [0.4, 0.5) is 5.69 Å². The number of carbonyl (C=O) groups excluding carboxylic acids is 3. The number of ether oxygens (including phenoxy) is 3. The fraction of sp³-hybridized carbons (Fsp3) is 0.333. The molecule has 1 heterocycles. The van der Waals surface area contributed by atoms with Crippen molar-refractivity contribution in [2.75, 3.05) is 18.5 Å². The van der Waals surface area contributed by atoms with E-state index < -0.39 is 42.2 Å². The van der Waals surface area contributed by atoms with Crippen LogP contribution in [-0.2, 0) is 32.0 Å². The molecule has 1 aliphatic heterocycles. The molecule has 0 radical (unpaired) electrons. The number of anilines is 1. The number of aryl methyl sites for hydroxylation is 2. The lowest BCUT2D eigenvalue weighted by molar-refractivity contribution is -0.145. The standard InChI is InChI=1S/C27H30N4O10/c1-2-39-21(34)10-6-14-5-9-19-23(22(14)24(35)31-18(25(36)37)13-20(32)33)40-11-3-4-15-12-16(30-27(28)29)7-8-17(15)26(38)41-19/h5,7-9,12,18H,2-4,6,10-11,13H2,1H3,(H,31,35)(H,32,33)(H,36,37)(H4,28,29,30). The minimum absolute atomic E-state index is 0.00238. The zero-order chi connectivity index (χ0) is 30.1. The third kappa shape index (κ3) is 8.17. The summed E-state index contributed by atoms with van der Waals surface area (Å²) in [5, 5.41) is 30.8. The molecule has 3 rings (SSSR count). The van der Waals surface area contributed by atoms with Crippen molar-refractivity contribution in [3.63, 3.8) is 0 Å². The smallest absolute Gasteiger partial charge is 0.343 e. The molecule has 0 bridgehead atoms. The molecule has 0 aliphatic carbocycles. The number of hydrogen-bond donors (Lipinski definition) is 6. The number of esters is 2. The highest BCUT2D eigenvalue weighted by atomic mass is 16.6. The maximum absolute atomic E-state index is 13.4. The van der Waals surface area contributed by atoms with Crippen LogP contribution in [0, 0.1) is 5.41 Å². The highest BCUT2D eigenvalue weighted by Gasteiger charge is 2.30. The molecular weight excluding hydrogens is 540 g/mol. The molecule has 2 aromatic carbocycles. The van der Waals surface area contributed by atoms with Gasteiger partial charge in [-0.05, 0) is 61.6 Å². The van der Waals surface area contributed by atoms with Crippen molar-refractivity contribution in [2.24, 2.45) is 5.73 Å². The van der Waals surface area contributed by atoms with Crippen LogP contribution in [0.2, 0.25) is 0 Å². The van der Waals surface area contributed by atoms with Gasteiger partial charge in [-0.15, -0.1) is 0 Å². The predicted molar refractivity (Wildman–Crippen MR) is 143 cm³/mol. The Morgan fingerprint density at radius 3 is 2.59 bits per heavy atom. The van der Waals surface area contributed by atoms with E-state index in [4.69, 9.17) is 30.5 Å². The monoisotopic (exact) mass is 570 g/mol. The summed E-state index contributed by atoms with van der Waals surface area (Å²) in [5.74, 6) is -5.85. The molecule has 2 aromatic rings. The van der Waals surface area contributed by atoms with Crippen LogP contribution < -0.4 is 25.8 Å². The van der Waals surface area contributed by atoms with Gasteiger partial charge in [0.25, 0.3) is 5.91 Å². The number of hydrogen-bond acceptors (Lipinski definition) is 9. The van der Waals surface area contributed by atoms with Gasteiger partial charge in [0.05, 0.1) is 30.8 Å². The van der Waals surface area contributed by atoms with Gasteiger partial charge in [0.1, 0.15) is 6.04 Å². The lowest BCUT2D eigenvalue weighted by atomic mass is 9.99. The maximum atomic E-state index is 13.4. The highest BCUT2D eigenvalue weighted by molar-refractivity contribution is 6.02. The summed E-state index contributed by atoms with van der Waals surface area (Å²) >= 11 is 0. The molecule has 14 heteroatoms. The number of aliphatic carboxylic acids is 2. The van der Waals surface area contributed by atoms with Crippen molar-refractivity contribution in [1.82, 2.24) is 5.32 Å². The first-order valence-corrected chi connectivity index (χ1v) is 12.7. The predicted octanol–water partition coefficient (Wildman–Crippen LogP) is 1.69. The van der Waals surface area contributed by atoms with Gasteiger partial charge in [0.15, 0.2) is 17.5 Å². The van der Waals surface area contributed by atoms with Gasteiger partial charge in [0.2, 0.25) is 0 Å². The van der Waals surface area contributed by atoms with Crippen LogP contribution in [-0.4, -0.2) is 65.2 Å². The summed E-state index contributed by atoms with van der Waals surface area (Å²) in [6, 6.07) is 5.78. The van der Waals surface area contributed by atoms with Crippen LogP contribution >= 0.6 is 0 Å². The van der Waals surface area contributed by atoms with E-state index in [-0.39, 0.29) is 60.2 Å². The second kappa shape index (κ2) is 13.8. The van der Waals surface area contributed by atoms with Crippen molar-refractivity contribution in [2.45, 2.75) is 45.1 Å². The minimum atomic E-state index is -1.76. The van der Waals surface area contributed by atoms with E-state index in [1.54, 1.807) is 19.1 Å². The number of amides is 1. The third-order valence-corrected chi connectivity index (χ3v) is 5.96. The molecule has 218 valence electrons. The number of nitrogens with two attached hydrogens (primary N) is 1. The summed E-state index contributed by atoms with van der Waals surface area (Å²) in [4.78, 5) is 61.4. The first-order valence-electron chi connectivity index (χ1n) is 12.7. The third-order valence-electron chi connectivity index (χ3n) is 5.96. The van der Waals surface area contributed by atoms with Crippen LogP contribution in [0.5, 0.6) is 11.5 Å². The second-order valence-corrected chi connectivity index (χ2v) is 8.95. The van der Waals surface area contributed by atoms with Gasteiger partial charge in [-0.3, -0.25) is 19.8 Å². The molecule has 0 fully saturated rings. The topological polar surface area (TPSA) is 227 Å². The fourth-order valence-corrected chi connectivity index (χ4v) is 4.18. The molecule has 0 saturated carbocycles. The van der Waals surface area contributed by atoms with Crippen molar-refractivity contribution in [3.8, 4) is 11.5 Å². The largest absolute Gasteiger partial charge is 0.489 e. The summed E-state index contributed by atoms with van der Waals surface area (Å²) in [7, 11) is 0. The average Bonchev–Trinajstić information content (AvgIpc) is 2.89. The van der Waals surface area contributed by atoms with Gasteiger partial charge in [-0.1, -0.05) is 6.07 Å². The van der Waals surface area contributed by atoms with E-state index in [0.29, 0.717) is 24.1 Å². The number of benzene rings is 2. The molecule has 14 nitrogen and oxygen atoms in total. The minimum Gasteiger partial charge on any atom is -0.489 e. The van der Waals surface area contributed by atoms with E-state index in [1.807, 2.05) is 0 Å². The van der Waals surface area contributed by atoms with E-state index >= 15 is 0 Å². The Morgan fingerprint density at radius 2 is 1.93 bits per heavy atom. The zero-order valence-corrected chi connectivity index (χ0v) is 22.2. The highest BCUT2D eigenvalue weighted by Crippen LogP contribution is 2.36. The number of guanidine groups is 1. The Labute approximate surface area is 234 Å². The summed E-state index contributed by atoms with van der Waals surface area (Å²) < 4.78 is 16.5. The van der Waals surface area contributed by atoms with Crippen LogP contribution in [0.25, 0.3) is 0 Å². The molecule has 0 saturated heterocycles. The Bertz CT molecular complexity index is 1370. The van der Waals surface area contributed by atoms with Crippen molar-refractivity contribution in [1.29, 1.82) is 5.41 Å². The van der Waals surface area contributed by atoms with Crippen LogP contribution in [0.3, 0.4) is 0 Å². The van der Waals surface area contributed by atoms with Gasteiger partial charge in [-0.2, -0.15) is 0 Å². The second-order valence-electron chi connectivity index (χ2n) is 8.95. The Hall–Kier alpha value is -5.14. The van der Waals surface area contributed by atoms with E-state index in [2.05, 4.69) is 10.6 Å². The molecular formula is C27H30N4O10. The van der Waals surface area contributed by atoms with Crippen LogP contribution in [0.1, 0.15) is 58.0 Å². The lowest BCUT2D eigenvalue weighted by Crippen LogP contribution is -2.42. The van der Waals surface area contributed by atoms with Gasteiger partial charge < -0.3 is 40.8 Å². The molecule has 1 atom stereocenters. The molecule has 0 spiro atoms. The van der Waals surface area contributed by atoms with Gasteiger partial charge in [-0.25, -0.2) is 9.59 Å². The van der Waals surface area contributed by atoms with Crippen molar-refractivity contribution < 1.29 is 48.4 Å². The van der Waals surface area contributed by atoms with E-state index in [9.17, 15) is 29.1 Å². The SMILES string of the molecule is CCOC(=O)CCc1ccc2c(c1C(=O)NC(CC(=O)O)C(=O)O)OCCCc1cc(NC(=N)N)ccc1C(=O)O2. The van der Waals surface area contributed by atoms with E-state index in [0.717, 1.165) is 0 Å². The number of carboxylic acid groups (broad SMARTS) is 2. The molecule has 7 N–H and O–H groups in total. The number of carboxylic acids is 2. The van der Waals surface area contributed by atoms with E-state index in [1.165, 1.54) is 18.2 Å². The Morgan fingerprint density at radius 1 is 1.17 bits per heavy atom. The summed E-state index contributed by atoms with van der Waals surface area (Å²) in [6.45, 7) is 1.84. The fourth-order valence-electron chi connectivity index (χ4n) is 4.18. The first kappa shape index (κ1) is 30.4. The number of nitrogens with one attached hydrogen (secondary N) is 3. The lowest BCUT2D eigenvalue weighted by Gasteiger charge is -2.22. The maximum Gasteiger partial charge on any atom is 0.343 e. The number of rotatable bonds is 10. The zero-order valence-electron chi connectivity index (χ0n) is 22.2. The number of fused-ring (bicyclic) bond motifs is 2. The van der Waals surface area contributed by atoms with Gasteiger partial charge >= 0.3 is 23.9 Å². The first-order chi connectivity index (χ1) is 19.5. The Balaban J connectivity index is 2.04. The Kier molecular flexibility index (Phi) is 10.2. The average molecular weight is 571 g/mol. The molecule has 1 aliphatic rings. The molecule has 41 heavy (non-hydrogen) atoms. The summed E-state index contributed by atoms with van der Waals surface area (Å²) in [5.41, 5.74) is 6.81. The van der Waals surface area contributed by atoms with Gasteiger partial charge in [0, 0.05) is 12.1 Å². The quantitative estimate of drug-likeness (QED) is 0.104. The number of carbonyl (C=O) groups is 5. The van der Waals surface area contributed by atoms with Crippen molar-refractivity contribution in [3.05, 3.63) is 52.6 Å². The molecule has 0 aromatic heterocycles. The normalized spacial score (nSPS) is 13.2. The van der Waals surface area contributed by atoms with Crippen molar-refractivity contribution >= 4 is 41.4 Å². The van der Waals surface area contributed by atoms with Crippen LogP contribution in [0.15, 0.2) is 30.3 Å². The molecule has 1 amide bonds. The molecule has 1 unspecified atom stereocenters. The summed E-state index contributed by atoms with van der Waals surface area (Å²) in [6.07, 6.45) is -0.266.